The van der Waals surface area contributed by atoms with Gasteiger partial charge >= 0.3 is 31.3 Å². The maximum Gasteiger partial charge on any atom is 0.443 e. The maximum absolute atomic E-state index is 4.13. The molecule has 0 aliphatic carbocycles. The van der Waals surface area contributed by atoms with Crippen molar-refractivity contribution >= 4 is 106 Å². The number of hydrogen-bond acceptors (Lipinski definition) is 5. The van der Waals surface area contributed by atoms with Gasteiger partial charge in [-0.2, -0.15) is 0 Å². The molecule has 0 fully saturated rings. The Morgan fingerprint density at radius 2 is 1.50 bits per heavy atom. The predicted octanol–water partition coefficient (Wildman–Crippen LogP) is -4.24. The van der Waals surface area contributed by atoms with E-state index in [1.807, 2.05) is 0 Å². The van der Waals surface area contributed by atoms with Crippen LogP contribution in [0.1, 0.15) is 0 Å². The number of rotatable bonds is 4. The highest BCUT2D eigenvalue weighted by molar-refractivity contribution is 7.95. The Kier molecular flexibility index (Phi) is 10.1. The monoisotopic (exact) mass is 251 g/mol. The summed E-state index contributed by atoms with van der Waals surface area (Å²) in [6, 6.07) is 0. The van der Waals surface area contributed by atoms with Crippen LogP contribution in [0.2, 0.25) is 0 Å². The van der Waals surface area contributed by atoms with E-state index in [-0.39, 0.29) is 31.3 Å². The summed E-state index contributed by atoms with van der Waals surface area (Å²) in [5, 5.41) is 0. The van der Waals surface area contributed by atoms with Crippen molar-refractivity contribution in [3.05, 3.63) is 0 Å². The van der Waals surface area contributed by atoms with Crippen LogP contribution in [0.25, 0.3) is 0 Å². The van der Waals surface area contributed by atoms with Crippen molar-refractivity contribution in [2.75, 3.05) is 0 Å². The van der Waals surface area contributed by atoms with E-state index in [2.05, 4.69) is 29.3 Å². The molecule has 0 aromatic carbocycles. The summed E-state index contributed by atoms with van der Waals surface area (Å²) in [6.45, 7) is 0. The van der Waals surface area contributed by atoms with Gasteiger partial charge in [-0.25, -0.2) is 0 Å². The van der Waals surface area contributed by atoms with Gasteiger partial charge in [-0.05, 0) is 0 Å². The third-order valence-corrected chi connectivity index (χ3v) is 8.03. The summed E-state index contributed by atoms with van der Waals surface area (Å²) in [4.78, 5) is 0. The van der Waals surface area contributed by atoms with Gasteiger partial charge in [0.05, 0.1) is 0 Å². The fourth-order valence-electron chi connectivity index (χ4n) is 0.743. The highest BCUT2D eigenvalue weighted by Crippen LogP contribution is 1.93. The van der Waals surface area contributed by atoms with E-state index in [9.17, 15) is 0 Å². The largest absolute Gasteiger partial charge is 0.561 e. The summed E-state index contributed by atoms with van der Waals surface area (Å²) in [5.74, 6) is 0. The zero-order valence-electron chi connectivity index (χ0n) is 6.65. The molecular formula is H10Al5N3S2. The molecule has 10 heavy (non-hydrogen) atoms. The number of nitrogens with zero attached hydrogens (tertiary/aromatic N) is 3. The predicted molar refractivity (Wildman–Crippen MR) is 63.4 cm³/mol. The Bertz CT molecular complexity index is 77.0. The SMILES string of the molecule is [AlH2][N]([AlH2])[AlH][N]([AlH2])[AlH][N](S)S. The average Bonchev–Trinajstić information content (AvgIpc) is 1.58. The standard InChI is InChI=1S/5Al.H2NS2.2N.8H/c;;;;;2-1-3;;;;;;;;;;/h;;;;;2-3H;;;;;;;;;;/q;;;;+1;-1;;;;;;;;;;. The molecule has 0 aromatic rings. The molecule has 0 aromatic heterocycles. The maximum atomic E-state index is 4.13. The van der Waals surface area contributed by atoms with E-state index >= 15 is 0 Å². The molecule has 3 nitrogen and oxygen atoms in total. The molecule has 0 N–H and O–H groups in total. The fourth-order valence-corrected chi connectivity index (χ4v) is 19.3. The van der Waals surface area contributed by atoms with Gasteiger partial charge in [-0.1, -0.05) is 0 Å². The topological polar surface area (TPSA) is 9.72 Å². The Morgan fingerprint density at radius 3 is 1.80 bits per heavy atom. The Hall–Kier alpha value is 3.24. The van der Waals surface area contributed by atoms with Crippen molar-refractivity contribution in [1.29, 1.82) is 0 Å². The first kappa shape index (κ1) is 13.2. The van der Waals surface area contributed by atoms with Gasteiger partial charge in [-0.15, -0.1) is 25.6 Å². The third kappa shape index (κ3) is 9.33. The second-order valence-corrected chi connectivity index (χ2v) is 21.6. The lowest BCUT2D eigenvalue weighted by Crippen LogP contribution is -2.42. The normalized spacial score (nSPS) is 10.9. The van der Waals surface area contributed by atoms with Crippen LogP contribution in [0.4, 0.5) is 0 Å². The van der Waals surface area contributed by atoms with Crippen LogP contribution >= 0.6 is 25.6 Å². The van der Waals surface area contributed by atoms with Gasteiger partial charge < -0.3 is 3.70 Å². The van der Waals surface area contributed by atoms with Crippen molar-refractivity contribution in [2.45, 2.75) is 0 Å². The molecule has 0 atom stereocenters. The average molecular weight is 251 g/mol. The minimum absolute atomic E-state index is 0.00181. The second-order valence-electron chi connectivity index (χ2n) is 2.59. The van der Waals surface area contributed by atoms with E-state index in [1.54, 1.807) is 2.69 Å². The second kappa shape index (κ2) is 7.63. The molecule has 0 saturated heterocycles. The lowest BCUT2D eigenvalue weighted by Gasteiger charge is -2.23. The van der Waals surface area contributed by atoms with Crippen molar-refractivity contribution in [1.82, 2.24) is 6.40 Å². The van der Waals surface area contributed by atoms with Crippen LogP contribution in [-0.2, 0) is 0 Å². The van der Waals surface area contributed by atoms with Crippen LogP contribution in [0, 0.1) is 0 Å². The molecule has 0 heterocycles. The van der Waals surface area contributed by atoms with E-state index in [0.29, 0.717) is 0 Å². The molecule has 10 heteroatoms. The Labute approximate surface area is 111 Å². The molecule has 0 aliphatic rings. The Morgan fingerprint density at radius 1 is 1.00 bits per heavy atom. The van der Waals surface area contributed by atoms with Crippen LogP contribution in [0.5, 0.6) is 0 Å². The van der Waals surface area contributed by atoms with Gasteiger partial charge in [0.15, 0.2) is 0 Å². The van der Waals surface area contributed by atoms with E-state index in [1.165, 1.54) is 49.5 Å². The minimum atomic E-state index is -0.251. The fraction of sp³-hybridized carbons (Fsp3) is 0. The lowest BCUT2D eigenvalue weighted by atomic mass is 13.7. The molecular weight excluding hydrogens is 241 g/mol. The third-order valence-electron chi connectivity index (χ3n) is 0.892. The highest BCUT2D eigenvalue weighted by atomic mass is 32.2. The molecule has 0 bridgehead atoms. The summed E-state index contributed by atoms with van der Waals surface area (Å²) in [6.07, 6.45) is 0. The molecule has 0 amide bonds. The van der Waals surface area contributed by atoms with E-state index in [4.69, 9.17) is 0 Å². The van der Waals surface area contributed by atoms with Crippen molar-refractivity contribution in [3.63, 3.8) is 0 Å². The van der Waals surface area contributed by atoms with E-state index in [0.717, 1.165) is 0 Å². The summed E-state index contributed by atoms with van der Waals surface area (Å²) < 4.78 is 6.94. The number of hydrogen-bond donors (Lipinski definition) is 2. The van der Waals surface area contributed by atoms with E-state index < -0.39 is 0 Å². The van der Waals surface area contributed by atoms with Crippen molar-refractivity contribution in [3.8, 4) is 0 Å². The Balaban J connectivity index is 3.34. The van der Waals surface area contributed by atoms with Crippen molar-refractivity contribution < 1.29 is 0 Å². The summed E-state index contributed by atoms with van der Waals surface area (Å²) >= 11 is 11.7. The smallest absolute Gasteiger partial charge is 0.443 e. The zero-order chi connectivity index (χ0) is 8.15. The first-order chi connectivity index (χ1) is 4.52. The van der Waals surface area contributed by atoms with Gasteiger partial charge in [0.25, 0.3) is 49.5 Å². The molecule has 0 radical (unpaired) electrons. The van der Waals surface area contributed by atoms with Gasteiger partial charge in [0.1, 0.15) is 0 Å². The van der Waals surface area contributed by atoms with Gasteiger partial charge in [0.2, 0.25) is 0 Å². The lowest BCUT2D eigenvalue weighted by molar-refractivity contribution is 0.945. The quantitative estimate of drug-likeness (QED) is 0.387. The van der Waals surface area contributed by atoms with Gasteiger partial charge in [-0.3, -0.25) is 2.69 Å². The van der Waals surface area contributed by atoms with Crippen LogP contribution in [-0.4, -0.2) is 87.2 Å². The molecule has 0 aliphatic heterocycles. The van der Waals surface area contributed by atoms with Crippen molar-refractivity contribution in [2.24, 2.45) is 0 Å². The zero-order valence-corrected chi connectivity index (χ0v) is 17.3. The first-order valence-electron chi connectivity index (χ1n) is 3.01. The summed E-state index contributed by atoms with van der Waals surface area (Å²) in [5.41, 5.74) is 0. The molecule has 0 saturated carbocycles. The molecule has 52 valence electrons. The van der Waals surface area contributed by atoms with Crippen LogP contribution in [0.15, 0.2) is 0 Å². The molecule has 0 unspecified atom stereocenters. The van der Waals surface area contributed by atoms with Crippen LogP contribution < -0.4 is 0 Å². The highest BCUT2D eigenvalue weighted by Gasteiger charge is 2.07. The molecule has 0 spiro atoms. The van der Waals surface area contributed by atoms with Crippen LogP contribution in [0.3, 0.4) is 0 Å². The minimum Gasteiger partial charge on any atom is -0.561 e. The summed E-state index contributed by atoms with van der Waals surface area (Å²) in [7, 11) is 0. The van der Waals surface area contributed by atoms with Gasteiger partial charge in [0, 0.05) is 0 Å². The number of thiol groups is 2. The first-order valence-corrected chi connectivity index (χ1v) is 9.02. The molecule has 0 rings (SSSR count).